The average molecular weight is 218 g/mol. The molecule has 0 radical (unpaired) electrons. The molecule has 0 amide bonds. The maximum atomic E-state index is 5.47. The van der Waals surface area contributed by atoms with Crippen molar-refractivity contribution in [2.24, 2.45) is 0 Å². The second-order valence-corrected chi connectivity index (χ2v) is 3.25. The quantitative estimate of drug-likeness (QED) is 0.759. The van der Waals surface area contributed by atoms with E-state index in [9.17, 15) is 0 Å². The molecule has 2 aromatic rings. The summed E-state index contributed by atoms with van der Waals surface area (Å²) in [5, 5.41) is 3.17. The molecule has 5 nitrogen and oxygen atoms in total. The van der Waals surface area contributed by atoms with E-state index in [2.05, 4.69) is 27.2 Å². The first-order valence-electron chi connectivity index (χ1n) is 5.31. The third-order valence-electron chi connectivity index (χ3n) is 2.08. The lowest BCUT2D eigenvalue weighted by molar-refractivity contribution is 0.304. The smallest absolute Gasteiger partial charge is 0.215 e. The summed E-state index contributed by atoms with van der Waals surface area (Å²) in [6.07, 6.45) is 3.27. The molecule has 1 N–H and O–H groups in total. The lowest BCUT2D eigenvalue weighted by atomic mass is 10.4. The molecule has 0 unspecified atom stereocenters. The average Bonchev–Trinajstić information content (AvgIpc) is 2.34. The van der Waals surface area contributed by atoms with Crippen molar-refractivity contribution >= 4 is 11.2 Å². The minimum Gasteiger partial charge on any atom is -0.476 e. The molecule has 0 aliphatic rings. The highest BCUT2D eigenvalue weighted by Crippen LogP contribution is 2.11. The van der Waals surface area contributed by atoms with Crippen LogP contribution in [0.5, 0.6) is 5.88 Å². The van der Waals surface area contributed by atoms with Crippen LogP contribution in [0.4, 0.5) is 0 Å². The number of nitrogens with one attached hydrogen (secondary N) is 1. The Balaban J connectivity index is 2.02. The van der Waals surface area contributed by atoms with E-state index in [1.165, 1.54) is 0 Å². The molecule has 0 aliphatic carbocycles. The van der Waals surface area contributed by atoms with E-state index in [1.807, 2.05) is 12.1 Å². The Morgan fingerprint density at radius 1 is 1.25 bits per heavy atom. The first-order chi connectivity index (χ1) is 7.90. The molecule has 0 spiro atoms. The molecule has 2 rings (SSSR count). The van der Waals surface area contributed by atoms with E-state index < -0.39 is 0 Å². The van der Waals surface area contributed by atoms with Gasteiger partial charge in [0.05, 0.1) is 0 Å². The normalized spacial score (nSPS) is 10.6. The largest absolute Gasteiger partial charge is 0.476 e. The van der Waals surface area contributed by atoms with Gasteiger partial charge in [0.25, 0.3) is 0 Å². The van der Waals surface area contributed by atoms with E-state index in [0.29, 0.717) is 18.1 Å². The maximum absolute atomic E-state index is 5.47. The van der Waals surface area contributed by atoms with E-state index in [-0.39, 0.29) is 0 Å². The zero-order chi connectivity index (χ0) is 11.2. The Bertz CT molecular complexity index is 460. The predicted octanol–water partition coefficient (Wildman–Crippen LogP) is 1.01. The van der Waals surface area contributed by atoms with Crippen molar-refractivity contribution in [3.63, 3.8) is 0 Å². The van der Waals surface area contributed by atoms with Gasteiger partial charge in [0, 0.05) is 25.0 Å². The van der Waals surface area contributed by atoms with Gasteiger partial charge in [-0.05, 0) is 12.6 Å². The number of ether oxygens (including phenoxy) is 1. The van der Waals surface area contributed by atoms with Gasteiger partial charge in [0.15, 0.2) is 5.65 Å². The summed E-state index contributed by atoms with van der Waals surface area (Å²) in [6.45, 7) is 4.42. The summed E-state index contributed by atoms with van der Waals surface area (Å²) in [4.78, 5) is 12.5. The third-order valence-corrected chi connectivity index (χ3v) is 2.08. The zero-order valence-electron chi connectivity index (χ0n) is 9.18. The molecule has 5 heteroatoms. The zero-order valence-corrected chi connectivity index (χ0v) is 9.18. The highest BCUT2D eigenvalue weighted by molar-refractivity contribution is 5.69. The number of hydrogen-bond acceptors (Lipinski definition) is 5. The van der Waals surface area contributed by atoms with Gasteiger partial charge in [-0.15, -0.1) is 0 Å². The lowest BCUT2D eigenvalue weighted by Gasteiger charge is -2.05. The molecule has 2 aromatic heterocycles. The molecule has 0 atom stereocenters. The van der Waals surface area contributed by atoms with E-state index in [4.69, 9.17) is 4.74 Å². The van der Waals surface area contributed by atoms with Gasteiger partial charge in [0.2, 0.25) is 5.88 Å². The number of pyridine rings is 1. The fourth-order valence-corrected chi connectivity index (χ4v) is 1.32. The SMILES string of the molecule is CCNCCOc1ccc2nccnc2n1. The molecule has 16 heavy (non-hydrogen) atoms. The van der Waals surface area contributed by atoms with Gasteiger partial charge in [-0.1, -0.05) is 6.92 Å². The summed E-state index contributed by atoms with van der Waals surface area (Å²) in [6, 6.07) is 3.67. The van der Waals surface area contributed by atoms with Crippen LogP contribution in [0.25, 0.3) is 11.2 Å². The van der Waals surface area contributed by atoms with Crippen molar-refractivity contribution in [1.82, 2.24) is 20.3 Å². The van der Waals surface area contributed by atoms with E-state index >= 15 is 0 Å². The van der Waals surface area contributed by atoms with Crippen LogP contribution >= 0.6 is 0 Å². The van der Waals surface area contributed by atoms with Crippen LogP contribution in [-0.2, 0) is 0 Å². The Hall–Kier alpha value is -1.75. The van der Waals surface area contributed by atoms with Gasteiger partial charge >= 0.3 is 0 Å². The van der Waals surface area contributed by atoms with Gasteiger partial charge in [-0.25, -0.2) is 4.98 Å². The molecule has 0 aromatic carbocycles. The topological polar surface area (TPSA) is 59.9 Å². The number of rotatable bonds is 5. The Kier molecular flexibility index (Phi) is 3.61. The minimum atomic E-state index is 0.589. The summed E-state index contributed by atoms with van der Waals surface area (Å²) < 4.78 is 5.47. The van der Waals surface area contributed by atoms with Crippen LogP contribution in [0.3, 0.4) is 0 Å². The van der Waals surface area contributed by atoms with E-state index in [0.717, 1.165) is 18.6 Å². The fourth-order valence-electron chi connectivity index (χ4n) is 1.32. The number of nitrogens with zero attached hydrogens (tertiary/aromatic N) is 3. The number of fused-ring (bicyclic) bond motifs is 1. The van der Waals surface area contributed by atoms with Crippen LogP contribution < -0.4 is 10.1 Å². The molecular formula is C11H14N4O. The summed E-state index contributed by atoms with van der Waals surface area (Å²) in [5.74, 6) is 0.589. The molecular weight excluding hydrogens is 204 g/mol. The first-order valence-corrected chi connectivity index (χ1v) is 5.31. The summed E-state index contributed by atoms with van der Waals surface area (Å²) in [7, 11) is 0. The van der Waals surface area contributed by atoms with Crippen LogP contribution in [-0.4, -0.2) is 34.6 Å². The third kappa shape index (κ3) is 2.64. The Labute approximate surface area is 93.9 Å². The van der Waals surface area contributed by atoms with Gasteiger partial charge in [-0.3, -0.25) is 4.98 Å². The molecule has 0 bridgehead atoms. The molecule has 0 saturated carbocycles. The molecule has 0 fully saturated rings. The van der Waals surface area contributed by atoms with E-state index in [1.54, 1.807) is 12.4 Å². The van der Waals surface area contributed by atoms with Gasteiger partial charge < -0.3 is 10.1 Å². The van der Waals surface area contributed by atoms with Gasteiger partial charge in [-0.2, -0.15) is 4.98 Å². The maximum Gasteiger partial charge on any atom is 0.215 e. The van der Waals surface area contributed by atoms with Crippen LogP contribution in [0.2, 0.25) is 0 Å². The summed E-state index contributed by atoms with van der Waals surface area (Å²) >= 11 is 0. The molecule has 0 saturated heterocycles. The van der Waals surface area contributed by atoms with Crippen LogP contribution in [0.15, 0.2) is 24.5 Å². The van der Waals surface area contributed by atoms with Crippen molar-refractivity contribution < 1.29 is 4.74 Å². The Morgan fingerprint density at radius 3 is 3.00 bits per heavy atom. The molecule has 0 aliphatic heterocycles. The first kappa shape index (κ1) is 10.8. The monoisotopic (exact) mass is 218 g/mol. The van der Waals surface area contributed by atoms with Crippen LogP contribution in [0.1, 0.15) is 6.92 Å². The molecule has 84 valence electrons. The minimum absolute atomic E-state index is 0.589. The fraction of sp³-hybridized carbons (Fsp3) is 0.364. The highest BCUT2D eigenvalue weighted by Gasteiger charge is 1.99. The van der Waals surface area contributed by atoms with Crippen molar-refractivity contribution in [2.45, 2.75) is 6.92 Å². The standard InChI is InChI=1S/C11H14N4O/c1-2-12-7-8-16-10-4-3-9-11(15-10)14-6-5-13-9/h3-6,12H,2,7-8H2,1H3. The second kappa shape index (κ2) is 5.37. The Morgan fingerprint density at radius 2 is 2.12 bits per heavy atom. The van der Waals surface area contributed by atoms with Crippen LogP contribution in [0, 0.1) is 0 Å². The lowest BCUT2D eigenvalue weighted by Crippen LogP contribution is -2.20. The highest BCUT2D eigenvalue weighted by atomic mass is 16.5. The number of likely N-dealkylation sites (N-methyl/N-ethyl adjacent to an activating group) is 1. The number of aromatic nitrogens is 3. The second-order valence-electron chi connectivity index (χ2n) is 3.25. The van der Waals surface area contributed by atoms with Crippen molar-refractivity contribution in [3.8, 4) is 5.88 Å². The predicted molar refractivity (Wildman–Crippen MR) is 61.4 cm³/mol. The van der Waals surface area contributed by atoms with Crippen molar-refractivity contribution in [2.75, 3.05) is 19.7 Å². The summed E-state index contributed by atoms with van der Waals surface area (Å²) in [5.41, 5.74) is 1.39. The number of hydrogen-bond donors (Lipinski definition) is 1. The van der Waals surface area contributed by atoms with Gasteiger partial charge in [0.1, 0.15) is 12.1 Å². The van der Waals surface area contributed by atoms with Crippen molar-refractivity contribution in [3.05, 3.63) is 24.5 Å². The molecule has 2 heterocycles. The van der Waals surface area contributed by atoms with Crippen molar-refractivity contribution in [1.29, 1.82) is 0 Å².